The first-order valence-electron chi connectivity index (χ1n) is 7.24. The molecule has 0 aliphatic carbocycles. The van der Waals surface area contributed by atoms with Gasteiger partial charge in [-0.25, -0.2) is 4.79 Å². The van der Waals surface area contributed by atoms with E-state index in [0.717, 1.165) is 44.8 Å². The molecule has 1 aliphatic rings. The Morgan fingerprint density at radius 1 is 1.15 bits per heavy atom. The molecule has 110 valence electrons. The molecule has 1 aliphatic heterocycles. The van der Waals surface area contributed by atoms with Crippen LogP contribution in [0.4, 0.5) is 4.79 Å². The van der Waals surface area contributed by atoms with Crippen molar-refractivity contribution < 1.29 is 4.79 Å². The van der Waals surface area contributed by atoms with E-state index in [0.29, 0.717) is 6.54 Å². The largest absolute Gasteiger partial charge is 0.352 e. The highest BCUT2D eigenvalue weighted by Gasteiger charge is 2.16. The summed E-state index contributed by atoms with van der Waals surface area (Å²) in [7, 11) is 0. The molecule has 0 bridgehead atoms. The lowest BCUT2D eigenvalue weighted by molar-refractivity contribution is 0.131. The van der Waals surface area contributed by atoms with E-state index in [1.165, 1.54) is 5.56 Å². The zero-order chi connectivity index (χ0) is 14.4. The number of nitrogens with two attached hydrogens (primary N) is 1. The second-order valence-corrected chi connectivity index (χ2v) is 5.20. The zero-order valence-electron chi connectivity index (χ0n) is 12.1. The van der Waals surface area contributed by atoms with Gasteiger partial charge in [0.25, 0.3) is 0 Å². The van der Waals surface area contributed by atoms with Crippen LogP contribution >= 0.6 is 0 Å². The summed E-state index contributed by atoms with van der Waals surface area (Å²) in [6.07, 6.45) is 0. The van der Waals surface area contributed by atoms with E-state index in [4.69, 9.17) is 5.73 Å². The number of likely N-dealkylation sites (N-methyl/N-ethyl adjacent to an activating group) is 1. The Kier molecular flexibility index (Phi) is 5.38. The molecule has 0 aromatic heterocycles. The number of hydrogen-bond acceptors (Lipinski definition) is 3. The van der Waals surface area contributed by atoms with Gasteiger partial charge in [-0.3, -0.25) is 4.90 Å². The molecule has 3 N–H and O–H groups in total. The summed E-state index contributed by atoms with van der Waals surface area (Å²) in [6, 6.07) is 7.75. The predicted molar refractivity (Wildman–Crippen MR) is 80.3 cm³/mol. The van der Waals surface area contributed by atoms with Crippen LogP contribution in [0.3, 0.4) is 0 Å². The summed E-state index contributed by atoms with van der Waals surface area (Å²) in [6.45, 7) is 9.26. The first kappa shape index (κ1) is 14.8. The smallest absolute Gasteiger partial charge is 0.312 e. The third-order valence-electron chi connectivity index (χ3n) is 3.88. The first-order chi connectivity index (χ1) is 9.69. The third kappa shape index (κ3) is 4.21. The Labute approximate surface area is 120 Å². The maximum absolute atomic E-state index is 10.8. The number of primary amides is 1. The minimum absolute atomic E-state index is 0.476. The van der Waals surface area contributed by atoms with Crippen molar-refractivity contribution in [3.63, 3.8) is 0 Å². The molecule has 1 saturated heterocycles. The van der Waals surface area contributed by atoms with Crippen LogP contribution in [0.15, 0.2) is 24.3 Å². The van der Waals surface area contributed by atoms with Gasteiger partial charge in [-0.2, -0.15) is 0 Å². The average Bonchev–Trinajstić information content (AvgIpc) is 2.47. The third-order valence-corrected chi connectivity index (χ3v) is 3.88. The van der Waals surface area contributed by atoms with Crippen molar-refractivity contribution >= 4 is 6.03 Å². The minimum atomic E-state index is -0.476. The standard InChI is InChI=1S/C15H24N4O/c1-2-18-7-9-19(10-8-18)12-14-6-4-3-5-13(14)11-17-15(16)20/h3-6H,2,7-12H2,1H3,(H3,16,17,20). The number of piperazine rings is 1. The lowest BCUT2D eigenvalue weighted by Crippen LogP contribution is -2.45. The highest BCUT2D eigenvalue weighted by atomic mass is 16.2. The lowest BCUT2D eigenvalue weighted by atomic mass is 10.1. The summed E-state index contributed by atoms with van der Waals surface area (Å²) in [5.41, 5.74) is 7.55. The van der Waals surface area contributed by atoms with Crippen molar-refractivity contribution in [1.82, 2.24) is 15.1 Å². The molecule has 0 atom stereocenters. The topological polar surface area (TPSA) is 61.6 Å². The summed E-state index contributed by atoms with van der Waals surface area (Å²) in [4.78, 5) is 15.8. The van der Waals surface area contributed by atoms with Crippen LogP contribution in [0.5, 0.6) is 0 Å². The maximum atomic E-state index is 10.8. The number of amides is 2. The summed E-state index contributed by atoms with van der Waals surface area (Å²) < 4.78 is 0. The van der Waals surface area contributed by atoms with Gasteiger partial charge >= 0.3 is 6.03 Å². The van der Waals surface area contributed by atoms with Crippen LogP contribution in [0.1, 0.15) is 18.1 Å². The van der Waals surface area contributed by atoms with Gasteiger partial charge in [0.15, 0.2) is 0 Å². The van der Waals surface area contributed by atoms with Gasteiger partial charge in [-0.15, -0.1) is 0 Å². The molecule has 0 spiro atoms. The van der Waals surface area contributed by atoms with Crippen molar-refractivity contribution in [3.05, 3.63) is 35.4 Å². The molecule has 2 rings (SSSR count). The highest BCUT2D eigenvalue weighted by Crippen LogP contribution is 2.13. The molecular formula is C15H24N4O. The van der Waals surface area contributed by atoms with Gasteiger partial charge in [-0.1, -0.05) is 31.2 Å². The van der Waals surface area contributed by atoms with Crippen LogP contribution < -0.4 is 11.1 Å². The number of carbonyl (C=O) groups excluding carboxylic acids is 1. The maximum Gasteiger partial charge on any atom is 0.312 e. The second-order valence-electron chi connectivity index (χ2n) is 5.20. The van der Waals surface area contributed by atoms with E-state index in [1.54, 1.807) is 0 Å². The predicted octanol–water partition coefficient (Wildman–Crippen LogP) is 0.992. The quantitative estimate of drug-likeness (QED) is 0.843. The Balaban J connectivity index is 1.93. The van der Waals surface area contributed by atoms with Gasteiger partial charge in [0, 0.05) is 39.3 Å². The van der Waals surface area contributed by atoms with Crippen LogP contribution in [-0.4, -0.2) is 48.6 Å². The Morgan fingerprint density at radius 2 is 1.75 bits per heavy atom. The van der Waals surface area contributed by atoms with Gasteiger partial charge in [0.1, 0.15) is 0 Å². The van der Waals surface area contributed by atoms with E-state index >= 15 is 0 Å². The molecule has 5 nitrogen and oxygen atoms in total. The number of urea groups is 1. The number of benzene rings is 1. The Hall–Kier alpha value is -1.59. The van der Waals surface area contributed by atoms with Gasteiger partial charge in [-0.05, 0) is 17.7 Å². The number of carbonyl (C=O) groups is 1. The molecule has 2 amide bonds. The molecule has 0 unspecified atom stereocenters. The fourth-order valence-electron chi connectivity index (χ4n) is 2.57. The van der Waals surface area contributed by atoms with E-state index in [2.05, 4.69) is 28.1 Å². The molecule has 0 saturated carbocycles. The number of nitrogens with zero attached hydrogens (tertiary/aromatic N) is 2. The summed E-state index contributed by atoms with van der Waals surface area (Å²) in [5.74, 6) is 0. The van der Waals surface area contributed by atoms with Crippen LogP contribution in [-0.2, 0) is 13.1 Å². The molecule has 5 heteroatoms. The van der Waals surface area contributed by atoms with Crippen molar-refractivity contribution in [2.45, 2.75) is 20.0 Å². The molecule has 20 heavy (non-hydrogen) atoms. The van der Waals surface area contributed by atoms with Gasteiger partial charge in [0.05, 0.1) is 0 Å². The molecule has 0 radical (unpaired) electrons. The zero-order valence-corrected chi connectivity index (χ0v) is 12.1. The SMILES string of the molecule is CCN1CCN(Cc2ccccc2CNC(N)=O)CC1. The van der Waals surface area contributed by atoms with Crippen molar-refractivity contribution in [2.24, 2.45) is 5.73 Å². The van der Waals surface area contributed by atoms with E-state index in [-0.39, 0.29) is 0 Å². The van der Waals surface area contributed by atoms with Crippen molar-refractivity contribution in [1.29, 1.82) is 0 Å². The normalized spacial score (nSPS) is 17.1. The Morgan fingerprint density at radius 3 is 2.35 bits per heavy atom. The first-order valence-corrected chi connectivity index (χ1v) is 7.24. The van der Waals surface area contributed by atoms with Crippen molar-refractivity contribution in [2.75, 3.05) is 32.7 Å². The monoisotopic (exact) mass is 276 g/mol. The lowest BCUT2D eigenvalue weighted by Gasteiger charge is -2.34. The number of hydrogen-bond donors (Lipinski definition) is 2. The molecule has 1 aromatic carbocycles. The molecule has 1 aromatic rings. The van der Waals surface area contributed by atoms with Crippen LogP contribution in [0.2, 0.25) is 0 Å². The van der Waals surface area contributed by atoms with Gasteiger partial charge in [0.2, 0.25) is 0 Å². The van der Waals surface area contributed by atoms with E-state index in [9.17, 15) is 4.79 Å². The Bertz CT molecular complexity index is 441. The second kappa shape index (κ2) is 7.26. The minimum Gasteiger partial charge on any atom is -0.352 e. The molecule has 1 fully saturated rings. The molecule has 1 heterocycles. The summed E-state index contributed by atoms with van der Waals surface area (Å²) >= 11 is 0. The van der Waals surface area contributed by atoms with E-state index in [1.807, 2.05) is 18.2 Å². The molecular weight excluding hydrogens is 252 g/mol. The fraction of sp³-hybridized carbons (Fsp3) is 0.533. The fourth-order valence-corrected chi connectivity index (χ4v) is 2.57. The van der Waals surface area contributed by atoms with Gasteiger partial charge < -0.3 is 16.0 Å². The summed E-state index contributed by atoms with van der Waals surface area (Å²) in [5, 5.41) is 2.67. The average molecular weight is 276 g/mol. The number of rotatable bonds is 5. The van der Waals surface area contributed by atoms with Crippen LogP contribution in [0.25, 0.3) is 0 Å². The van der Waals surface area contributed by atoms with E-state index < -0.39 is 6.03 Å². The number of nitrogens with one attached hydrogen (secondary N) is 1. The van der Waals surface area contributed by atoms with Crippen LogP contribution in [0, 0.1) is 0 Å². The highest BCUT2D eigenvalue weighted by molar-refractivity contribution is 5.71. The van der Waals surface area contributed by atoms with Crippen molar-refractivity contribution in [3.8, 4) is 0 Å².